The number of ether oxygens (including phenoxy) is 1. The molecule has 1 aliphatic carbocycles. The van der Waals surface area contributed by atoms with Gasteiger partial charge in [0, 0.05) is 6.42 Å². The Morgan fingerprint density at radius 1 is 1.32 bits per heavy atom. The van der Waals surface area contributed by atoms with Gasteiger partial charge in [-0.25, -0.2) is 0 Å². The number of unbranched alkanes of at least 4 members (excludes halogenated alkanes) is 2. The fourth-order valence-corrected chi connectivity index (χ4v) is 2.08. The van der Waals surface area contributed by atoms with E-state index in [0.29, 0.717) is 0 Å². The molecule has 0 saturated heterocycles. The fraction of sp³-hybridized carbons (Fsp3) is 0.688. The van der Waals surface area contributed by atoms with Crippen molar-refractivity contribution in [3.63, 3.8) is 0 Å². The summed E-state index contributed by atoms with van der Waals surface area (Å²) >= 11 is 0. The van der Waals surface area contributed by atoms with Crippen LogP contribution in [0.2, 0.25) is 0 Å². The van der Waals surface area contributed by atoms with E-state index in [0.717, 1.165) is 49.9 Å². The molecule has 0 aromatic carbocycles. The highest BCUT2D eigenvalue weighted by molar-refractivity contribution is 5.66. The Bertz CT molecular complexity index is 371. The predicted molar refractivity (Wildman–Crippen MR) is 77.0 cm³/mol. The van der Waals surface area contributed by atoms with Crippen LogP contribution >= 0.6 is 0 Å². The molecule has 0 aromatic rings. The summed E-state index contributed by atoms with van der Waals surface area (Å²) in [6.45, 7) is 10.2. The van der Waals surface area contributed by atoms with Crippen LogP contribution in [0.15, 0.2) is 23.5 Å². The Kier molecular flexibility index (Phi) is 5.64. The summed E-state index contributed by atoms with van der Waals surface area (Å²) in [5.41, 5.74) is 2.19. The number of carboxylic acid groups (broad SMARTS) is 1. The average Bonchev–Trinajstić information content (AvgIpc) is 3.08. The van der Waals surface area contributed by atoms with Crippen molar-refractivity contribution in [2.45, 2.75) is 71.3 Å². The number of rotatable bonds is 9. The second kappa shape index (κ2) is 6.78. The summed E-state index contributed by atoms with van der Waals surface area (Å²) in [7, 11) is 0. The highest BCUT2D eigenvalue weighted by atomic mass is 16.5. The number of hydrogen-bond donors (Lipinski definition) is 1. The zero-order valence-corrected chi connectivity index (χ0v) is 12.4. The van der Waals surface area contributed by atoms with Crippen LogP contribution in [0.4, 0.5) is 0 Å². The van der Waals surface area contributed by atoms with Gasteiger partial charge < -0.3 is 9.84 Å². The molecule has 0 amide bonds. The average molecular weight is 266 g/mol. The quantitative estimate of drug-likeness (QED) is 0.495. The Balaban J connectivity index is 2.33. The van der Waals surface area contributed by atoms with Gasteiger partial charge in [-0.2, -0.15) is 0 Å². The minimum Gasteiger partial charge on any atom is -0.488 e. The predicted octanol–water partition coefficient (Wildman–Crippen LogP) is 4.44. The third-order valence-electron chi connectivity index (χ3n) is 3.26. The molecule has 0 bridgehead atoms. The number of hydrogen-bond acceptors (Lipinski definition) is 2. The second-order valence-electron chi connectivity index (χ2n) is 6.03. The van der Waals surface area contributed by atoms with Gasteiger partial charge in [0.1, 0.15) is 11.4 Å². The van der Waals surface area contributed by atoms with Crippen LogP contribution in [0.3, 0.4) is 0 Å². The van der Waals surface area contributed by atoms with E-state index in [-0.39, 0.29) is 12.0 Å². The summed E-state index contributed by atoms with van der Waals surface area (Å²) in [5.74, 6) is 0.286. The minimum atomic E-state index is -0.710. The fourth-order valence-electron chi connectivity index (χ4n) is 2.08. The molecule has 1 N–H and O–H groups in total. The molecule has 108 valence electrons. The van der Waals surface area contributed by atoms with Crippen molar-refractivity contribution in [3.05, 3.63) is 23.5 Å². The molecular weight excluding hydrogens is 240 g/mol. The van der Waals surface area contributed by atoms with Gasteiger partial charge in [0.25, 0.3) is 0 Å². The van der Waals surface area contributed by atoms with E-state index < -0.39 is 5.97 Å². The van der Waals surface area contributed by atoms with Gasteiger partial charge in [0.2, 0.25) is 0 Å². The van der Waals surface area contributed by atoms with Crippen LogP contribution in [-0.2, 0) is 9.53 Å². The summed E-state index contributed by atoms with van der Waals surface area (Å²) in [6, 6.07) is 0. The minimum absolute atomic E-state index is 0.201. The van der Waals surface area contributed by atoms with Gasteiger partial charge >= 0.3 is 5.97 Å². The van der Waals surface area contributed by atoms with Crippen molar-refractivity contribution in [2.75, 3.05) is 0 Å². The molecule has 1 fully saturated rings. The van der Waals surface area contributed by atoms with Crippen molar-refractivity contribution < 1.29 is 14.6 Å². The number of allylic oxidation sites excluding steroid dienone is 2. The summed E-state index contributed by atoms with van der Waals surface area (Å²) < 4.78 is 6.11. The molecule has 0 spiro atoms. The zero-order valence-electron chi connectivity index (χ0n) is 12.4. The molecule has 0 atom stereocenters. The van der Waals surface area contributed by atoms with Crippen molar-refractivity contribution in [2.24, 2.45) is 0 Å². The van der Waals surface area contributed by atoms with Gasteiger partial charge in [0.05, 0.1) is 0 Å². The molecule has 0 aromatic heterocycles. The highest BCUT2D eigenvalue weighted by Crippen LogP contribution is 2.37. The van der Waals surface area contributed by atoms with Crippen LogP contribution < -0.4 is 0 Å². The van der Waals surface area contributed by atoms with Crippen LogP contribution in [0.5, 0.6) is 0 Å². The first kappa shape index (κ1) is 15.8. The number of carbonyl (C=O) groups is 1. The topological polar surface area (TPSA) is 46.5 Å². The Labute approximate surface area is 116 Å². The Morgan fingerprint density at radius 3 is 2.42 bits per heavy atom. The van der Waals surface area contributed by atoms with E-state index in [4.69, 9.17) is 9.84 Å². The van der Waals surface area contributed by atoms with Crippen LogP contribution in [-0.4, -0.2) is 16.7 Å². The van der Waals surface area contributed by atoms with Gasteiger partial charge in [-0.1, -0.05) is 13.0 Å². The van der Waals surface area contributed by atoms with E-state index in [1.54, 1.807) is 0 Å². The molecule has 19 heavy (non-hydrogen) atoms. The van der Waals surface area contributed by atoms with Gasteiger partial charge in [-0.15, -0.1) is 0 Å². The van der Waals surface area contributed by atoms with Crippen molar-refractivity contribution in [1.29, 1.82) is 0 Å². The van der Waals surface area contributed by atoms with E-state index >= 15 is 0 Å². The van der Waals surface area contributed by atoms with Crippen molar-refractivity contribution >= 4 is 5.97 Å². The molecule has 0 aliphatic heterocycles. The molecule has 1 saturated carbocycles. The lowest BCUT2D eigenvalue weighted by Gasteiger charge is -2.28. The van der Waals surface area contributed by atoms with E-state index in [1.807, 2.05) is 6.92 Å². The van der Waals surface area contributed by atoms with Crippen LogP contribution in [0.25, 0.3) is 0 Å². The molecule has 3 heteroatoms. The van der Waals surface area contributed by atoms with E-state index in [9.17, 15) is 4.79 Å². The van der Waals surface area contributed by atoms with E-state index in [2.05, 4.69) is 20.4 Å². The molecule has 1 rings (SSSR count). The second-order valence-corrected chi connectivity index (χ2v) is 6.03. The first-order valence-electron chi connectivity index (χ1n) is 7.10. The molecule has 1 aliphatic rings. The third-order valence-corrected chi connectivity index (χ3v) is 3.26. The number of carboxylic acids is 1. The largest absolute Gasteiger partial charge is 0.488 e. The first-order chi connectivity index (χ1) is 8.82. The molecular formula is C16H26O3. The van der Waals surface area contributed by atoms with Gasteiger partial charge in [0.15, 0.2) is 0 Å². The van der Waals surface area contributed by atoms with Crippen molar-refractivity contribution in [3.8, 4) is 0 Å². The maximum atomic E-state index is 10.4. The molecule has 0 radical (unpaired) electrons. The van der Waals surface area contributed by atoms with Crippen molar-refractivity contribution in [1.82, 2.24) is 0 Å². The Morgan fingerprint density at radius 2 is 1.95 bits per heavy atom. The molecule has 3 nitrogen and oxygen atoms in total. The lowest BCUT2D eigenvalue weighted by molar-refractivity contribution is -0.137. The smallest absolute Gasteiger partial charge is 0.303 e. The summed E-state index contributed by atoms with van der Waals surface area (Å²) in [4.78, 5) is 10.4. The number of aliphatic carboxylic acids is 1. The molecule has 0 unspecified atom stereocenters. The lowest BCUT2D eigenvalue weighted by atomic mass is 9.99. The van der Waals surface area contributed by atoms with Gasteiger partial charge in [-0.05, 0) is 64.0 Å². The normalized spacial score (nSPS) is 14.2. The lowest BCUT2D eigenvalue weighted by Crippen LogP contribution is -2.24. The Hall–Kier alpha value is -1.25. The SMILES string of the molecule is C=C(C)C(OC(C)(C)CCCCCC(=O)O)=C1CC1. The third kappa shape index (κ3) is 6.46. The van der Waals surface area contributed by atoms with Gasteiger partial charge in [-0.3, -0.25) is 4.79 Å². The highest BCUT2D eigenvalue weighted by Gasteiger charge is 2.26. The summed E-state index contributed by atoms with van der Waals surface area (Å²) in [5, 5.41) is 8.58. The van der Waals surface area contributed by atoms with Crippen LogP contribution in [0, 0.1) is 0 Å². The monoisotopic (exact) mass is 266 g/mol. The van der Waals surface area contributed by atoms with Crippen LogP contribution in [0.1, 0.15) is 65.7 Å². The molecule has 0 heterocycles. The standard InChI is InChI=1S/C16H26O3/c1-12(2)15(13-9-10-13)19-16(3,4)11-7-5-6-8-14(17)18/h1,5-11H2,2-4H3,(H,17,18). The maximum absolute atomic E-state index is 10.4. The maximum Gasteiger partial charge on any atom is 0.303 e. The zero-order chi connectivity index (χ0) is 14.5. The van der Waals surface area contributed by atoms with E-state index in [1.165, 1.54) is 5.57 Å². The summed E-state index contributed by atoms with van der Waals surface area (Å²) in [6.07, 6.45) is 6.17. The first-order valence-corrected chi connectivity index (χ1v) is 7.10.